The van der Waals surface area contributed by atoms with Gasteiger partial charge in [-0.15, -0.1) is 0 Å². The van der Waals surface area contributed by atoms with E-state index >= 15 is 0 Å². The molecule has 0 aliphatic heterocycles. The van der Waals surface area contributed by atoms with E-state index in [2.05, 4.69) is 12.1 Å². The fourth-order valence-electron chi connectivity index (χ4n) is 1.86. The summed E-state index contributed by atoms with van der Waals surface area (Å²) in [5.41, 5.74) is 2.32. The molecule has 20 heavy (non-hydrogen) atoms. The Morgan fingerprint density at radius 2 is 1.60 bits per heavy atom. The number of aryl methyl sites for hydroxylation is 2. The second kappa shape index (κ2) is 6.95. The first-order valence-corrected chi connectivity index (χ1v) is 9.56. The van der Waals surface area contributed by atoms with Crippen molar-refractivity contribution in [2.45, 2.75) is 24.7 Å². The van der Waals surface area contributed by atoms with Crippen LogP contribution in [0.2, 0.25) is 0 Å². The molecule has 2 aromatic carbocycles. The Hall–Kier alpha value is -1.26. The third-order valence-corrected chi connectivity index (χ3v) is 6.62. The molecule has 0 heterocycles. The van der Waals surface area contributed by atoms with Gasteiger partial charge < -0.3 is 0 Å². The molecular weight excluding hydrogens is 288 g/mol. The third-order valence-electron chi connectivity index (χ3n) is 3.00. The molecule has 0 aliphatic rings. The fourth-order valence-corrected chi connectivity index (χ4v) is 4.70. The summed E-state index contributed by atoms with van der Waals surface area (Å²) in [5.74, 6) is 0.616. The lowest BCUT2D eigenvalue weighted by atomic mass is 10.1. The van der Waals surface area contributed by atoms with E-state index in [9.17, 15) is 8.42 Å². The van der Waals surface area contributed by atoms with Crippen LogP contribution in [0.15, 0.2) is 59.5 Å². The van der Waals surface area contributed by atoms with Crippen LogP contribution in [-0.2, 0) is 15.3 Å². The van der Waals surface area contributed by atoms with Crippen LogP contribution in [0.4, 0.5) is 0 Å². The van der Waals surface area contributed by atoms with Gasteiger partial charge in [0.05, 0.1) is 4.90 Å². The molecule has 0 radical (unpaired) electrons. The Kier molecular flexibility index (Phi) is 5.26. The van der Waals surface area contributed by atoms with Crippen LogP contribution in [0.1, 0.15) is 17.5 Å². The maximum absolute atomic E-state index is 12.1. The Morgan fingerprint density at radius 1 is 0.950 bits per heavy atom. The van der Waals surface area contributed by atoms with Gasteiger partial charge in [0, 0.05) is 5.75 Å². The summed E-state index contributed by atoms with van der Waals surface area (Å²) in [6.07, 6.45) is 1.77. The van der Waals surface area contributed by atoms with E-state index in [4.69, 9.17) is 0 Å². The highest BCUT2D eigenvalue weighted by molar-refractivity contribution is 8.72. The minimum Gasteiger partial charge on any atom is -0.212 e. The van der Waals surface area contributed by atoms with Crippen molar-refractivity contribution in [2.24, 2.45) is 0 Å². The lowest BCUT2D eigenvalue weighted by Crippen LogP contribution is -1.98. The highest BCUT2D eigenvalue weighted by Gasteiger charge is 2.14. The minimum atomic E-state index is -3.21. The molecule has 0 unspecified atom stereocenters. The lowest BCUT2D eigenvalue weighted by molar-refractivity contribution is 0.610. The van der Waals surface area contributed by atoms with Crippen molar-refractivity contribution in [3.63, 3.8) is 0 Å². The Labute approximate surface area is 124 Å². The van der Waals surface area contributed by atoms with Crippen LogP contribution < -0.4 is 0 Å². The number of benzene rings is 2. The maximum Gasteiger partial charge on any atom is 0.229 e. The molecule has 2 rings (SSSR count). The minimum absolute atomic E-state index is 0.396. The van der Waals surface area contributed by atoms with Gasteiger partial charge in [-0.25, -0.2) is 8.42 Å². The summed E-state index contributed by atoms with van der Waals surface area (Å²) in [7, 11) is -2.19. The maximum atomic E-state index is 12.1. The van der Waals surface area contributed by atoms with Gasteiger partial charge in [0.1, 0.15) is 0 Å². The molecule has 0 aromatic heterocycles. The average molecular weight is 306 g/mol. The second-order valence-corrected chi connectivity index (χ2v) is 8.73. The van der Waals surface area contributed by atoms with Crippen LogP contribution >= 0.6 is 10.8 Å². The predicted octanol–water partition coefficient (Wildman–Crippen LogP) is 4.05. The van der Waals surface area contributed by atoms with Gasteiger partial charge in [0.2, 0.25) is 8.87 Å². The number of hydrogen-bond donors (Lipinski definition) is 0. The first kappa shape index (κ1) is 15.1. The van der Waals surface area contributed by atoms with Crippen molar-refractivity contribution < 1.29 is 8.42 Å². The zero-order valence-electron chi connectivity index (χ0n) is 11.5. The van der Waals surface area contributed by atoms with Crippen molar-refractivity contribution in [3.05, 3.63) is 65.7 Å². The summed E-state index contributed by atoms with van der Waals surface area (Å²) in [6, 6.07) is 17.1. The molecular formula is C16H18O2S2. The van der Waals surface area contributed by atoms with E-state index in [0.717, 1.165) is 29.2 Å². The van der Waals surface area contributed by atoms with Crippen LogP contribution in [0, 0.1) is 6.92 Å². The number of rotatable bonds is 6. The van der Waals surface area contributed by atoms with Gasteiger partial charge in [-0.3, -0.25) is 0 Å². The normalized spacial score (nSPS) is 11.4. The molecule has 106 valence electrons. The van der Waals surface area contributed by atoms with Crippen LogP contribution in [0.3, 0.4) is 0 Å². The quantitative estimate of drug-likeness (QED) is 0.596. The molecule has 2 aromatic rings. The zero-order valence-corrected chi connectivity index (χ0v) is 13.1. The highest BCUT2D eigenvalue weighted by Crippen LogP contribution is 2.24. The molecule has 0 amide bonds. The second-order valence-electron chi connectivity index (χ2n) is 4.68. The molecule has 0 N–H and O–H groups in total. The molecule has 2 nitrogen and oxygen atoms in total. The molecule has 0 aliphatic carbocycles. The Bertz CT molecular complexity index is 632. The Morgan fingerprint density at radius 3 is 2.25 bits per heavy atom. The standard InChI is InChI=1S/C16H18O2S2/c1-14-9-11-16(12-10-14)20(17,18)19-13-5-8-15-6-3-2-4-7-15/h2-4,6-7,9-12H,5,8,13H2,1H3. The summed E-state index contributed by atoms with van der Waals surface area (Å²) < 4.78 is 24.2. The molecule has 4 heteroatoms. The summed E-state index contributed by atoms with van der Waals surface area (Å²) in [6.45, 7) is 1.95. The topological polar surface area (TPSA) is 34.1 Å². The zero-order chi connectivity index (χ0) is 14.4. The van der Waals surface area contributed by atoms with Gasteiger partial charge in [-0.05, 0) is 48.3 Å². The third kappa shape index (κ3) is 4.39. The van der Waals surface area contributed by atoms with Crippen molar-refractivity contribution in [1.29, 1.82) is 0 Å². The Balaban J connectivity index is 1.85. The van der Waals surface area contributed by atoms with Crippen molar-refractivity contribution >= 4 is 19.7 Å². The van der Waals surface area contributed by atoms with E-state index in [1.165, 1.54) is 5.56 Å². The summed E-state index contributed by atoms with van der Waals surface area (Å²) >= 11 is 0. The molecule has 0 bridgehead atoms. The lowest BCUT2D eigenvalue weighted by Gasteiger charge is -2.04. The monoisotopic (exact) mass is 306 g/mol. The fraction of sp³-hybridized carbons (Fsp3) is 0.250. The van der Waals surface area contributed by atoms with Crippen molar-refractivity contribution in [1.82, 2.24) is 0 Å². The molecule has 0 fully saturated rings. The first-order chi connectivity index (χ1) is 9.58. The van der Waals surface area contributed by atoms with E-state index in [0.29, 0.717) is 10.6 Å². The number of hydrogen-bond acceptors (Lipinski definition) is 3. The summed E-state index contributed by atoms with van der Waals surface area (Å²) in [5, 5.41) is 0. The van der Waals surface area contributed by atoms with E-state index in [1.54, 1.807) is 12.1 Å². The average Bonchev–Trinajstić information content (AvgIpc) is 2.45. The van der Waals surface area contributed by atoms with Crippen LogP contribution in [-0.4, -0.2) is 14.2 Å². The van der Waals surface area contributed by atoms with E-state index in [-0.39, 0.29) is 0 Å². The molecule has 0 atom stereocenters. The van der Waals surface area contributed by atoms with Gasteiger partial charge in [-0.1, -0.05) is 48.0 Å². The molecule has 0 saturated heterocycles. The summed E-state index contributed by atoms with van der Waals surface area (Å²) in [4.78, 5) is 0.396. The van der Waals surface area contributed by atoms with E-state index in [1.807, 2.05) is 37.3 Å². The van der Waals surface area contributed by atoms with Crippen molar-refractivity contribution in [2.75, 3.05) is 5.75 Å². The van der Waals surface area contributed by atoms with Crippen LogP contribution in [0.25, 0.3) is 0 Å². The smallest absolute Gasteiger partial charge is 0.212 e. The van der Waals surface area contributed by atoms with Gasteiger partial charge >= 0.3 is 0 Å². The largest absolute Gasteiger partial charge is 0.229 e. The predicted molar refractivity (Wildman–Crippen MR) is 85.6 cm³/mol. The van der Waals surface area contributed by atoms with Crippen molar-refractivity contribution in [3.8, 4) is 0 Å². The molecule has 0 saturated carbocycles. The van der Waals surface area contributed by atoms with Crippen LogP contribution in [0.5, 0.6) is 0 Å². The SMILES string of the molecule is Cc1ccc(S(=O)(=O)SCCCc2ccccc2)cc1. The van der Waals surface area contributed by atoms with E-state index < -0.39 is 8.87 Å². The molecule has 0 spiro atoms. The highest BCUT2D eigenvalue weighted by atomic mass is 33.1. The van der Waals surface area contributed by atoms with Gasteiger partial charge in [0.15, 0.2) is 0 Å². The van der Waals surface area contributed by atoms with Gasteiger partial charge in [0.25, 0.3) is 0 Å². The first-order valence-electron chi connectivity index (χ1n) is 6.58. The van der Waals surface area contributed by atoms with Gasteiger partial charge in [-0.2, -0.15) is 0 Å².